The molecule has 3 heterocycles. The zero-order chi connectivity index (χ0) is 19.0. The van der Waals surface area contributed by atoms with Crippen molar-refractivity contribution >= 4 is 43.7 Å². The third kappa shape index (κ3) is 3.31. The lowest BCUT2D eigenvalue weighted by Crippen LogP contribution is -2.37. The first-order valence-electron chi connectivity index (χ1n) is 8.30. The van der Waals surface area contributed by atoms with Crippen LogP contribution in [0, 0.1) is 0 Å². The lowest BCUT2D eigenvalue weighted by Gasteiger charge is -2.28. The third-order valence-electron chi connectivity index (χ3n) is 4.55. The number of thiazole rings is 1. The Bertz CT molecular complexity index is 1070. The monoisotopic (exact) mass is 419 g/mol. The van der Waals surface area contributed by atoms with E-state index < -0.39 is 10.0 Å². The molecule has 0 atom stereocenters. The first-order chi connectivity index (χ1) is 13.0. The molecule has 9 heteroatoms. The second-order valence-corrected chi connectivity index (χ2v) is 9.85. The van der Waals surface area contributed by atoms with Crippen molar-refractivity contribution in [1.29, 1.82) is 0 Å². The van der Waals surface area contributed by atoms with E-state index in [2.05, 4.69) is 4.98 Å². The highest BCUT2D eigenvalue weighted by Crippen LogP contribution is 2.31. The number of aromatic nitrogens is 1. The topological polar surface area (TPSA) is 70.6 Å². The lowest BCUT2D eigenvalue weighted by atomic mass is 10.0. The van der Waals surface area contributed by atoms with Gasteiger partial charge in [0.15, 0.2) is 5.13 Å². The molecule has 0 unspecified atom stereocenters. The normalized spacial score (nSPS) is 14.7. The van der Waals surface area contributed by atoms with E-state index in [1.54, 1.807) is 24.0 Å². The summed E-state index contributed by atoms with van der Waals surface area (Å²) in [6.07, 6.45) is 2.28. The number of hydrogen-bond acceptors (Lipinski definition) is 6. The minimum absolute atomic E-state index is 0.0697. The van der Waals surface area contributed by atoms with Crippen LogP contribution in [-0.2, 0) is 23.0 Å². The summed E-state index contributed by atoms with van der Waals surface area (Å²) < 4.78 is 27.9. The van der Waals surface area contributed by atoms with Crippen molar-refractivity contribution in [2.75, 3.05) is 18.5 Å². The number of anilines is 1. The zero-order valence-corrected chi connectivity index (χ0v) is 17.0. The summed E-state index contributed by atoms with van der Waals surface area (Å²) in [5, 5.41) is 3.95. The summed E-state index contributed by atoms with van der Waals surface area (Å²) in [5.74, 6) is -0.365. The van der Waals surface area contributed by atoms with Gasteiger partial charge in [0, 0.05) is 31.7 Å². The minimum atomic E-state index is -3.76. The second-order valence-electron chi connectivity index (χ2n) is 6.15. The molecule has 0 N–H and O–H groups in total. The maximum absolute atomic E-state index is 13.2. The largest absolute Gasteiger partial charge is 0.286 e. The van der Waals surface area contributed by atoms with Crippen LogP contribution in [0.4, 0.5) is 5.13 Å². The summed E-state index contributed by atoms with van der Waals surface area (Å²) in [5.41, 5.74) is 2.18. The van der Waals surface area contributed by atoms with Crippen molar-refractivity contribution < 1.29 is 13.2 Å². The van der Waals surface area contributed by atoms with Crippen molar-refractivity contribution in [3.63, 3.8) is 0 Å². The Labute approximate surface area is 165 Å². The number of carbonyl (C=O) groups is 1. The van der Waals surface area contributed by atoms with E-state index in [9.17, 15) is 13.2 Å². The molecule has 1 aromatic carbocycles. The second kappa shape index (κ2) is 7.16. The van der Waals surface area contributed by atoms with Gasteiger partial charge in [0.1, 0.15) is 9.77 Å². The Hall–Kier alpha value is -2.07. The van der Waals surface area contributed by atoms with E-state index in [1.807, 2.05) is 24.3 Å². The van der Waals surface area contributed by atoms with Gasteiger partial charge in [-0.05, 0) is 29.0 Å². The van der Waals surface area contributed by atoms with Gasteiger partial charge in [-0.3, -0.25) is 9.69 Å². The first-order valence-corrected chi connectivity index (χ1v) is 11.5. The molecule has 4 rings (SSSR count). The van der Waals surface area contributed by atoms with Gasteiger partial charge in [0.2, 0.25) is 10.0 Å². The molecule has 27 heavy (non-hydrogen) atoms. The van der Waals surface area contributed by atoms with E-state index in [4.69, 9.17) is 0 Å². The van der Waals surface area contributed by atoms with Crippen molar-refractivity contribution in [3.8, 4) is 0 Å². The molecule has 1 amide bonds. The van der Waals surface area contributed by atoms with Crippen LogP contribution in [0.15, 0.2) is 52.2 Å². The fourth-order valence-electron chi connectivity index (χ4n) is 3.09. The molecule has 1 aliphatic rings. The van der Waals surface area contributed by atoms with Crippen LogP contribution in [0.3, 0.4) is 0 Å². The molecule has 2 aromatic heterocycles. The summed E-state index contributed by atoms with van der Waals surface area (Å²) in [6.45, 7) is 0.732. The molecule has 0 saturated carbocycles. The van der Waals surface area contributed by atoms with Gasteiger partial charge >= 0.3 is 0 Å². The van der Waals surface area contributed by atoms with Crippen LogP contribution in [0.1, 0.15) is 20.8 Å². The molecule has 140 valence electrons. The minimum Gasteiger partial charge on any atom is -0.286 e. The number of sulfonamides is 1. The molecular weight excluding hydrogens is 402 g/mol. The number of carbonyl (C=O) groups excluding carboxylic acids is 1. The highest BCUT2D eigenvalue weighted by Gasteiger charge is 2.33. The third-order valence-corrected chi connectivity index (χ3v) is 8.31. The summed E-state index contributed by atoms with van der Waals surface area (Å²) >= 11 is 2.47. The van der Waals surface area contributed by atoms with Crippen molar-refractivity contribution in [1.82, 2.24) is 9.29 Å². The number of hydrogen-bond donors (Lipinski definition) is 0. The maximum atomic E-state index is 13.2. The standard InChI is InChI=1S/C18H17N3O3S3/c1-20(18-19-8-11-26-18)17(22)16-15(7-10-25-16)27(23,24)21-9-6-13-4-2-3-5-14(13)12-21/h2-5,7-8,10-11H,6,9,12H2,1H3. The van der Waals surface area contributed by atoms with Gasteiger partial charge in [0.25, 0.3) is 5.91 Å². The predicted octanol–water partition coefficient (Wildman–Crippen LogP) is 3.23. The van der Waals surface area contributed by atoms with E-state index in [1.165, 1.54) is 32.2 Å². The molecule has 0 spiro atoms. The molecule has 0 saturated heterocycles. The average molecular weight is 420 g/mol. The van der Waals surface area contributed by atoms with E-state index in [0.717, 1.165) is 16.9 Å². The Morgan fingerprint density at radius 2 is 1.93 bits per heavy atom. The van der Waals surface area contributed by atoms with E-state index >= 15 is 0 Å². The molecule has 0 radical (unpaired) electrons. The SMILES string of the molecule is CN(C(=O)c1sccc1S(=O)(=O)N1CCc2ccccc2C1)c1nccs1. The molecule has 0 fully saturated rings. The van der Waals surface area contributed by atoms with Crippen LogP contribution in [-0.4, -0.2) is 37.2 Å². The molecular formula is C18H17N3O3S3. The molecule has 0 aliphatic carbocycles. The number of amides is 1. The first kappa shape index (κ1) is 18.3. The van der Waals surface area contributed by atoms with Gasteiger partial charge in [-0.2, -0.15) is 4.31 Å². The quantitative estimate of drug-likeness (QED) is 0.651. The Morgan fingerprint density at radius 3 is 2.67 bits per heavy atom. The highest BCUT2D eigenvalue weighted by molar-refractivity contribution is 7.89. The van der Waals surface area contributed by atoms with Gasteiger partial charge in [0.05, 0.1) is 0 Å². The molecule has 6 nitrogen and oxygen atoms in total. The summed E-state index contributed by atoms with van der Waals surface area (Å²) in [7, 11) is -2.15. The lowest BCUT2D eigenvalue weighted by molar-refractivity contribution is 0.0994. The maximum Gasteiger partial charge on any atom is 0.271 e. The summed E-state index contributed by atoms with van der Waals surface area (Å²) in [4.78, 5) is 18.7. The predicted molar refractivity (Wildman–Crippen MR) is 107 cm³/mol. The van der Waals surface area contributed by atoms with Gasteiger partial charge in [-0.25, -0.2) is 13.4 Å². The Morgan fingerprint density at radius 1 is 1.15 bits per heavy atom. The number of rotatable bonds is 4. The zero-order valence-electron chi connectivity index (χ0n) is 14.5. The van der Waals surface area contributed by atoms with Crippen molar-refractivity contribution in [3.05, 3.63) is 63.3 Å². The average Bonchev–Trinajstić information content (AvgIpc) is 3.38. The van der Waals surface area contributed by atoms with Gasteiger partial charge in [-0.15, -0.1) is 22.7 Å². The number of thiophene rings is 1. The van der Waals surface area contributed by atoms with Gasteiger partial charge in [-0.1, -0.05) is 24.3 Å². The van der Waals surface area contributed by atoms with Crippen LogP contribution in [0.25, 0.3) is 0 Å². The van der Waals surface area contributed by atoms with E-state index in [0.29, 0.717) is 24.6 Å². The van der Waals surface area contributed by atoms with Crippen LogP contribution < -0.4 is 4.90 Å². The Kier molecular flexibility index (Phi) is 4.85. The van der Waals surface area contributed by atoms with Gasteiger partial charge < -0.3 is 0 Å². The van der Waals surface area contributed by atoms with Crippen molar-refractivity contribution in [2.24, 2.45) is 0 Å². The van der Waals surface area contributed by atoms with E-state index in [-0.39, 0.29) is 15.7 Å². The van der Waals surface area contributed by atoms with Crippen LogP contribution >= 0.6 is 22.7 Å². The smallest absolute Gasteiger partial charge is 0.271 e. The van der Waals surface area contributed by atoms with Crippen LogP contribution in [0.5, 0.6) is 0 Å². The summed E-state index contributed by atoms with van der Waals surface area (Å²) in [6, 6.07) is 9.38. The van der Waals surface area contributed by atoms with Crippen LogP contribution in [0.2, 0.25) is 0 Å². The number of benzene rings is 1. The molecule has 3 aromatic rings. The van der Waals surface area contributed by atoms with Crippen molar-refractivity contribution in [2.45, 2.75) is 17.9 Å². The fraction of sp³-hybridized carbons (Fsp3) is 0.222. The number of fused-ring (bicyclic) bond motifs is 1. The number of nitrogens with zero attached hydrogens (tertiary/aromatic N) is 3. The highest BCUT2D eigenvalue weighted by atomic mass is 32.2. The Balaban J connectivity index is 1.65. The molecule has 0 bridgehead atoms. The molecule has 1 aliphatic heterocycles. The fourth-order valence-corrected chi connectivity index (χ4v) is 6.49.